The molecule has 0 radical (unpaired) electrons. The van der Waals surface area contributed by atoms with E-state index in [1.807, 2.05) is 36.4 Å². The molecule has 1 aromatic heterocycles. The van der Waals surface area contributed by atoms with Gasteiger partial charge in [-0.1, -0.05) is 41.6 Å². The highest BCUT2D eigenvalue weighted by molar-refractivity contribution is 5.97. The summed E-state index contributed by atoms with van der Waals surface area (Å²) in [6, 6.07) is 16.4. The maximum atomic E-state index is 10.4. The third-order valence-electron chi connectivity index (χ3n) is 3.26. The number of pyridine rings is 1. The van der Waals surface area contributed by atoms with Crippen molar-refractivity contribution < 1.29 is 15.1 Å². The summed E-state index contributed by atoms with van der Waals surface area (Å²) in [5.41, 5.74) is 2.95. The normalized spacial score (nSPS) is 10.3. The third-order valence-corrected chi connectivity index (χ3v) is 3.26. The second kappa shape index (κ2) is 7.70. The summed E-state index contributed by atoms with van der Waals surface area (Å²) in [6.45, 7) is 1.78. The van der Waals surface area contributed by atoms with Gasteiger partial charge >= 0.3 is 5.97 Å². The first-order chi connectivity index (χ1) is 11.1. The Morgan fingerprint density at radius 3 is 2.43 bits per heavy atom. The molecule has 0 atom stereocenters. The smallest absolute Gasteiger partial charge is 0.335 e. The summed E-state index contributed by atoms with van der Waals surface area (Å²) in [4.78, 5) is 14.6. The van der Waals surface area contributed by atoms with E-state index in [0.717, 1.165) is 22.0 Å². The zero-order chi connectivity index (χ0) is 16.7. The number of rotatable bonds is 2. The Morgan fingerprint density at radius 1 is 1.09 bits per heavy atom. The minimum Gasteiger partial charge on any atom is -0.478 e. The van der Waals surface area contributed by atoms with Crippen LogP contribution < -0.4 is 0 Å². The first kappa shape index (κ1) is 16.2. The number of hydrogen-bond donors (Lipinski definition) is 2. The van der Waals surface area contributed by atoms with Gasteiger partial charge in [0.15, 0.2) is 0 Å². The van der Waals surface area contributed by atoms with Crippen molar-refractivity contribution in [3.05, 3.63) is 77.5 Å². The average Bonchev–Trinajstić information content (AvgIpc) is 2.56. The topological polar surface area (TPSA) is 82.8 Å². The number of hydrogen-bond acceptors (Lipinski definition) is 4. The number of aryl methyl sites for hydroxylation is 1. The van der Waals surface area contributed by atoms with Gasteiger partial charge in [0.05, 0.1) is 17.3 Å². The van der Waals surface area contributed by atoms with Gasteiger partial charge in [-0.2, -0.15) is 0 Å². The van der Waals surface area contributed by atoms with E-state index >= 15 is 0 Å². The van der Waals surface area contributed by atoms with Crippen LogP contribution >= 0.6 is 0 Å². The van der Waals surface area contributed by atoms with Crippen molar-refractivity contribution in [3.63, 3.8) is 0 Å². The van der Waals surface area contributed by atoms with Crippen LogP contribution in [0.3, 0.4) is 0 Å². The lowest BCUT2D eigenvalue weighted by Gasteiger charge is -1.98. The number of benzene rings is 2. The highest BCUT2D eigenvalue weighted by Crippen LogP contribution is 2.13. The predicted octanol–water partition coefficient (Wildman–Crippen LogP) is 3.74. The van der Waals surface area contributed by atoms with Crippen molar-refractivity contribution in [1.29, 1.82) is 0 Å². The largest absolute Gasteiger partial charge is 0.478 e. The summed E-state index contributed by atoms with van der Waals surface area (Å²) < 4.78 is 0. The lowest BCUT2D eigenvalue weighted by Crippen LogP contribution is -1.97. The third kappa shape index (κ3) is 4.14. The molecule has 3 rings (SSSR count). The maximum absolute atomic E-state index is 10.4. The summed E-state index contributed by atoms with van der Waals surface area (Å²) in [5, 5.41) is 21.0. The van der Waals surface area contributed by atoms with E-state index in [0.29, 0.717) is 5.56 Å². The van der Waals surface area contributed by atoms with Crippen molar-refractivity contribution in [1.82, 2.24) is 4.98 Å². The number of oxime groups is 1. The molecule has 0 aliphatic heterocycles. The number of aromatic carboxylic acids is 1. The lowest BCUT2D eigenvalue weighted by molar-refractivity contribution is 0.0696. The van der Waals surface area contributed by atoms with Crippen molar-refractivity contribution in [2.24, 2.45) is 5.16 Å². The Labute approximate surface area is 133 Å². The van der Waals surface area contributed by atoms with E-state index in [1.165, 1.54) is 6.21 Å². The van der Waals surface area contributed by atoms with Crippen molar-refractivity contribution in [2.45, 2.75) is 6.92 Å². The molecule has 2 aromatic carbocycles. The molecule has 0 aliphatic carbocycles. The van der Waals surface area contributed by atoms with Crippen LogP contribution in [-0.4, -0.2) is 27.5 Å². The molecule has 1 heterocycles. The molecule has 0 spiro atoms. The minimum atomic E-state index is -0.863. The van der Waals surface area contributed by atoms with Gasteiger partial charge in [-0.05, 0) is 30.7 Å². The Hall–Kier alpha value is -3.21. The highest BCUT2D eigenvalue weighted by Gasteiger charge is 2.03. The van der Waals surface area contributed by atoms with E-state index in [9.17, 15) is 4.79 Å². The minimum absolute atomic E-state index is 0.377. The van der Waals surface area contributed by atoms with Gasteiger partial charge in [0.2, 0.25) is 0 Å². The van der Waals surface area contributed by atoms with Crippen molar-refractivity contribution >= 4 is 23.1 Å². The molecule has 5 heteroatoms. The number of para-hydroxylation sites is 1. The maximum Gasteiger partial charge on any atom is 0.335 e. The molecular weight excluding hydrogens is 292 g/mol. The summed E-state index contributed by atoms with van der Waals surface area (Å²) >= 11 is 0. The first-order valence-corrected chi connectivity index (χ1v) is 6.93. The van der Waals surface area contributed by atoms with Crippen molar-refractivity contribution in [2.75, 3.05) is 0 Å². The number of aromatic nitrogens is 1. The average molecular weight is 308 g/mol. The fraction of sp³-hybridized carbons (Fsp3) is 0.0556. The van der Waals surface area contributed by atoms with Gasteiger partial charge in [-0.15, -0.1) is 0 Å². The number of carbonyl (C=O) groups is 1. The molecule has 0 aliphatic rings. The van der Waals surface area contributed by atoms with Gasteiger partial charge in [0.25, 0.3) is 0 Å². The van der Waals surface area contributed by atoms with Gasteiger partial charge in [-0.3, -0.25) is 4.98 Å². The van der Waals surface area contributed by atoms with E-state index in [4.69, 9.17) is 10.3 Å². The molecule has 5 nitrogen and oxygen atoms in total. The molecule has 0 fully saturated rings. The molecule has 3 aromatic rings. The van der Waals surface area contributed by atoms with E-state index in [-0.39, 0.29) is 0 Å². The van der Waals surface area contributed by atoms with E-state index in [1.54, 1.807) is 31.3 Å². The monoisotopic (exact) mass is 308 g/mol. The molecule has 23 heavy (non-hydrogen) atoms. The molecule has 0 amide bonds. The fourth-order valence-electron chi connectivity index (χ4n) is 2.11. The van der Waals surface area contributed by atoms with Crippen LogP contribution in [0.25, 0.3) is 10.9 Å². The highest BCUT2D eigenvalue weighted by atomic mass is 16.4. The van der Waals surface area contributed by atoms with Crippen LogP contribution in [0.4, 0.5) is 0 Å². The predicted molar refractivity (Wildman–Crippen MR) is 89.3 cm³/mol. The zero-order valence-electron chi connectivity index (χ0n) is 12.5. The summed E-state index contributed by atoms with van der Waals surface area (Å²) in [7, 11) is 0. The van der Waals surface area contributed by atoms with Crippen LogP contribution in [0.2, 0.25) is 0 Å². The fourth-order valence-corrected chi connectivity index (χ4v) is 2.11. The molecule has 0 saturated heterocycles. The lowest BCUT2D eigenvalue weighted by atomic mass is 10.1. The number of fused-ring (bicyclic) bond motifs is 1. The second-order valence-electron chi connectivity index (χ2n) is 4.78. The van der Waals surface area contributed by atoms with Crippen LogP contribution in [-0.2, 0) is 0 Å². The van der Waals surface area contributed by atoms with Crippen molar-refractivity contribution in [3.8, 4) is 0 Å². The van der Waals surface area contributed by atoms with Crippen LogP contribution in [0.5, 0.6) is 0 Å². The molecule has 116 valence electrons. The summed E-state index contributed by atoms with van der Waals surface area (Å²) in [5.74, 6) is -0.863. The van der Waals surface area contributed by atoms with E-state index in [2.05, 4.69) is 10.1 Å². The Morgan fingerprint density at radius 2 is 1.78 bits per heavy atom. The molecular formula is C18H16N2O3. The number of nitrogens with zero attached hydrogens (tertiary/aromatic N) is 2. The van der Waals surface area contributed by atoms with Crippen LogP contribution in [0.1, 0.15) is 21.5 Å². The number of carboxylic acid groups (broad SMARTS) is 1. The van der Waals surface area contributed by atoms with Crippen LogP contribution in [0, 0.1) is 6.92 Å². The molecule has 2 N–H and O–H groups in total. The standard InChI is InChI=1S/C10H8N2O.C8H8O2/c13-12-7-8-5-6-11-10-4-2-1-3-9(8)10;1-6-4-2-3-5-7(6)8(9)10/h1-7,13H;2-5H,1H3,(H,9,10)/b12-7+;. The second-order valence-corrected chi connectivity index (χ2v) is 4.78. The van der Waals surface area contributed by atoms with Gasteiger partial charge in [0.1, 0.15) is 0 Å². The number of carboxylic acids is 1. The zero-order valence-corrected chi connectivity index (χ0v) is 12.5. The van der Waals surface area contributed by atoms with Crippen LogP contribution in [0.15, 0.2) is 65.9 Å². The first-order valence-electron chi connectivity index (χ1n) is 6.93. The SMILES string of the molecule is Cc1ccccc1C(=O)O.O/N=C/c1ccnc2ccccc12. The van der Waals surface area contributed by atoms with Gasteiger partial charge in [0, 0.05) is 17.1 Å². The van der Waals surface area contributed by atoms with Gasteiger partial charge in [-0.25, -0.2) is 4.79 Å². The van der Waals surface area contributed by atoms with E-state index < -0.39 is 5.97 Å². The molecule has 0 unspecified atom stereocenters. The molecule has 0 bridgehead atoms. The van der Waals surface area contributed by atoms with Gasteiger partial charge < -0.3 is 10.3 Å². The Bertz CT molecular complexity index is 839. The quantitative estimate of drug-likeness (QED) is 0.429. The molecule has 0 saturated carbocycles. The Kier molecular flexibility index (Phi) is 5.41. The Balaban J connectivity index is 0.000000174. The summed E-state index contributed by atoms with van der Waals surface area (Å²) in [6.07, 6.45) is 3.10.